The van der Waals surface area contributed by atoms with Gasteiger partial charge in [-0.25, -0.2) is 4.98 Å². The number of hydrogen-bond donors (Lipinski definition) is 1. The molecule has 10 heteroatoms. The summed E-state index contributed by atoms with van der Waals surface area (Å²) in [6, 6.07) is 3.80. The molecule has 1 aromatic heterocycles. The number of Topliss-reactive ketones (excluding diaryl/α,β-unsaturated/α-hetero) is 1. The van der Waals surface area contributed by atoms with Crippen LogP contribution in [0.4, 0.5) is 19.4 Å². The van der Waals surface area contributed by atoms with E-state index in [2.05, 4.69) is 9.97 Å². The summed E-state index contributed by atoms with van der Waals surface area (Å²) in [4.78, 5) is 28.4. The molecule has 148 valence electrons. The number of aromatic amines is 1. The van der Waals surface area contributed by atoms with Gasteiger partial charge in [0.15, 0.2) is 5.78 Å². The minimum atomic E-state index is -9.72. The number of carbonyl (C=O) groups excluding carboxylic acids is 1. The fraction of sp³-hybridized carbons (Fsp3) is 0.353. The van der Waals surface area contributed by atoms with Crippen LogP contribution in [0.5, 0.6) is 0 Å². The maximum atomic E-state index is 12.9. The quantitative estimate of drug-likeness (QED) is 0.507. The molecule has 1 fully saturated rings. The van der Waals surface area contributed by atoms with Gasteiger partial charge in [-0.3, -0.25) is 9.59 Å². The minimum absolute atomic E-state index is 0.0227. The predicted molar refractivity (Wildman–Crippen MR) is 91.8 cm³/mol. The highest BCUT2D eigenvalue weighted by molar-refractivity contribution is 8.45. The van der Waals surface area contributed by atoms with Crippen LogP contribution in [0, 0.1) is 12.8 Å². The Labute approximate surface area is 151 Å². The third-order valence-corrected chi connectivity index (χ3v) is 5.66. The van der Waals surface area contributed by atoms with Crippen molar-refractivity contribution >= 4 is 16.0 Å². The summed E-state index contributed by atoms with van der Waals surface area (Å²) < 4.78 is 64.3. The average Bonchev–Trinajstić information content (AvgIpc) is 3.34. The summed E-state index contributed by atoms with van der Waals surface area (Å²) in [6.07, 6.45) is 1.53. The Morgan fingerprint density at radius 1 is 1.19 bits per heavy atom. The topological polar surface area (TPSA) is 62.8 Å². The number of carbonyl (C=O) groups is 1. The maximum Gasteiger partial charge on any atom is 0.310 e. The van der Waals surface area contributed by atoms with Crippen LogP contribution in [0.3, 0.4) is 0 Å². The summed E-state index contributed by atoms with van der Waals surface area (Å²) in [7, 11) is -9.72. The highest BCUT2D eigenvalue weighted by Gasteiger charge is 2.65. The van der Waals surface area contributed by atoms with Gasteiger partial charge in [0.2, 0.25) is 0 Å². The molecule has 0 spiro atoms. The van der Waals surface area contributed by atoms with Crippen molar-refractivity contribution in [3.8, 4) is 0 Å². The monoisotopic (exact) mass is 408 g/mol. The van der Waals surface area contributed by atoms with Crippen molar-refractivity contribution in [2.24, 2.45) is 5.92 Å². The van der Waals surface area contributed by atoms with Crippen molar-refractivity contribution < 1.29 is 24.2 Å². The largest absolute Gasteiger partial charge is 0.311 e. The summed E-state index contributed by atoms with van der Waals surface area (Å²) >= 11 is 0. The first-order valence-electron chi connectivity index (χ1n) is 8.18. The lowest BCUT2D eigenvalue weighted by molar-refractivity contribution is 0.0964. The van der Waals surface area contributed by atoms with Crippen LogP contribution in [-0.2, 0) is 0 Å². The van der Waals surface area contributed by atoms with Gasteiger partial charge in [-0.05, 0) is 49.3 Å². The zero-order valence-corrected chi connectivity index (χ0v) is 15.0. The molecule has 1 N–H and O–H groups in total. The number of rotatable bonds is 6. The molecule has 1 saturated carbocycles. The lowest BCUT2D eigenvalue weighted by atomic mass is 9.88. The first-order chi connectivity index (χ1) is 12.2. The average molecular weight is 408 g/mol. The molecule has 2 aromatic rings. The van der Waals surface area contributed by atoms with Crippen molar-refractivity contribution in [2.45, 2.75) is 37.0 Å². The Hall–Kier alpha value is -2.23. The van der Waals surface area contributed by atoms with Crippen molar-refractivity contribution in [3.05, 3.63) is 57.8 Å². The molecule has 0 saturated heterocycles. The minimum Gasteiger partial charge on any atom is -0.311 e. The van der Waals surface area contributed by atoms with Crippen LogP contribution in [-0.4, -0.2) is 15.8 Å². The van der Waals surface area contributed by atoms with Crippen LogP contribution >= 0.6 is 10.2 Å². The Morgan fingerprint density at radius 2 is 1.78 bits per heavy atom. The van der Waals surface area contributed by atoms with E-state index < -0.39 is 32.4 Å². The van der Waals surface area contributed by atoms with Crippen LogP contribution in [0.15, 0.2) is 40.0 Å². The van der Waals surface area contributed by atoms with Gasteiger partial charge in [0.25, 0.3) is 5.56 Å². The lowest BCUT2D eigenvalue weighted by Gasteiger charge is -2.40. The highest BCUT2D eigenvalue weighted by Crippen LogP contribution is 3.02. The fourth-order valence-electron chi connectivity index (χ4n) is 3.05. The number of H-pyrrole nitrogens is 1. The third-order valence-electron chi connectivity index (χ3n) is 4.50. The van der Waals surface area contributed by atoms with E-state index >= 15 is 0 Å². The smallest absolute Gasteiger partial charge is 0.310 e. The summed E-state index contributed by atoms with van der Waals surface area (Å²) in [6.45, 7) is 1.52. The molecule has 0 radical (unpaired) electrons. The number of ketones is 1. The second kappa shape index (κ2) is 5.63. The number of aromatic nitrogens is 2. The molecule has 4 nitrogen and oxygen atoms in total. The second-order valence-electron chi connectivity index (χ2n) is 6.83. The van der Waals surface area contributed by atoms with Gasteiger partial charge in [0, 0.05) is 12.5 Å². The number of nitrogens with zero attached hydrogens (tertiary/aromatic N) is 1. The lowest BCUT2D eigenvalue weighted by Crippen LogP contribution is -2.17. The molecular weight excluding hydrogens is 391 g/mol. The van der Waals surface area contributed by atoms with E-state index in [4.69, 9.17) is 0 Å². The standard InChI is InChI=1S/C17H17F5N2O2S/c1-10-23-15(9-17(26)24-10)16(25)8-14(11-2-3-11)12-4-6-13(7-5-12)27(18,19,20,21)22/h4-7,9,11,14H,2-3,8H2,1H3,(H,23,24,26)/t14-/m1/s1. The Morgan fingerprint density at radius 3 is 2.26 bits per heavy atom. The normalized spacial score (nSPS) is 18.4. The van der Waals surface area contributed by atoms with E-state index in [1.807, 2.05) is 0 Å². The van der Waals surface area contributed by atoms with E-state index in [0.717, 1.165) is 31.0 Å². The van der Waals surface area contributed by atoms with Gasteiger partial charge in [0.1, 0.15) is 16.4 Å². The first kappa shape index (κ1) is 19.5. The number of hydrogen-bond acceptors (Lipinski definition) is 3. The molecule has 1 aromatic carbocycles. The van der Waals surface area contributed by atoms with Crippen LogP contribution in [0.1, 0.15) is 47.1 Å². The van der Waals surface area contributed by atoms with Gasteiger partial charge in [-0.2, -0.15) is 0 Å². The number of aryl methyl sites for hydroxylation is 1. The van der Waals surface area contributed by atoms with Gasteiger partial charge in [0.05, 0.1) is 0 Å². The van der Waals surface area contributed by atoms with E-state index in [1.54, 1.807) is 0 Å². The van der Waals surface area contributed by atoms with Gasteiger partial charge in [-0.1, -0.05) is 31.6 Å². The van der Waals surface area contributed by atoms with Crippen LogP contribution < -0.4 is 5.56 Å². The van der Waals surface area contributed by atoms with E-state index in [-0.39, 0.29) is 23.9 Å². The molecule has 0 amide bonds. The second-order valence-corrected chi connectivity index (χ2v) is 9.23. The molecule has 1 aliphatic rings. The maximum absolute atomic E-state index is 12.9. The molecule has 1 heterocycles. The van der Waals surface area contributed by atoms with E-state index in [0.29, 0.717) is 17.7 Å². The molecule has 0 unspecified atom stereocenters. The predicted octanol–water partition coefficient (Wildman–Crippen LogP) is 5.50. The number of halogens is 5. The summed E-state index contributed by atoms with van der Waals surface area (Å²) in [5, 5.41) is 0. The molecule has 1 aliphatic carbocycles. The Balaban J connectivity index is 1.87. The Kier molecular flexibility index (Phi) is 4.08. The van der Waals surface area contributed by atoms with E-state index in [1.165, 1.54) is 6.92 Å². The fourth-order valence-corrected chi connectivity index (χ4v) is 3.70. The van der Waals surface area contributed by atoms with Crippen LogP contribution in [0.2, 0.25) is 0 Å². The number of nitrogens with one attached hydrogen (secondary N) is 1. The molecule has 1 atom stereocenters. The molecule has 27 heavy (non-hydrogen) atoms. The van der Waals surface area contributed by atoms with Crippen molar-refractivity contribution in [2.75, 3.05) is 0 Å². The van der Waals surface area contributed by atoms with Gasteiger partial charge >= 0.3 is 10.2 Å². The molecule has 3 rings (SSSR count). The summed E-state index contributed by atoms with van der Waals surface area (Å²) in [5.41, 5.74) is -0.113. The van der Waals surface area contributed by atoms with Crippen molar-refractivity contribution in [1.29, 1.82) is 0 Å². The molecule has 0 bridgehead atoms. The number of benzene rings is 1. The van der Waals surface area contributed by atoms with Gasteiger partial charge in [-0.15, -0.1) is 0 Å². The van der Waals surface area contributed by atoms with Crippen molar-refractivity contribution in [3.63, 3.8) is 0 Å². The SMILES string of the molecule is Cc1nc(C(=O)C[C@@H](c2ccc(S(F)(F)(F)(F)F)cc2)C2CC2)cc(=O)[nH]1. The van der Waals surface area contributed by atoms with Crippen molar-refractivity contribution in [1.82, 2.24) is 9.97 Å². The van der Waals surface area contributed by atoms with Crippen LogP contribution in [0.25, 0.3) is 0 Å². The molecular formula is C17H17F5N2O2S. The zero-order chi connectivity index (χ0) is 20.1. The van der Waals surface area contributed by atoms with Gasteiger partial charge < -0.3 is 4.98 Å². The first-order valence-corrected chi connectivity index (χ1v) is 10.1. The summed E-state index contributed by atoms with van der Waals surface area (Å²) in [5.74, 6) is -0.471. The Bertz CT molecular complexity index is 951. The van der Waals surface area contributed by atoms with E-state index in [9.17, 15) is 29.0 Å². The zero-order valence-electron chi connectivity index (χ0n) is 14.2. The molecule has 0 aliphatic heterocycles. The third kappa shape index (κ3) is 4.74. The highest BCUT2D eigenvalue weighted by atomic mass is 32.5.